The average molecular weight is 283 g/mol. The van der Waals surface area contributed by atoms with E-state index in [1.165, 1.54) is 29.6 Å². The largest absolute Gasteiger partial charge is 0.356 e. The number of nitrogens with one attached hydrogen (secondary N) is 1. The van der Waals surface area contributed by atoms with E-state index >= 15 is 0 Å². The number of anilines is 1. The fraction of sp³-hybridized carbons (Fsp3) is 0.500. The van der Waals surface area contributed by atoms with Crippen molar-refractivity contribution >= 4 is 16.7 Å². The molecule has 1 aliphatic rings. The first kappa shape index (κ1) is 14.3. The van der Waals surface area contributed by atoms with Crippen LogP contribution in [0.5, 0.6) is 0 Å². The number of aryl methyl sites for hydroxylation is 1. The van der Waals surface area contributed by atoms with Crippen molar-refractivity contribution in [3.63, 3.8) is 0 Å². The van der Waals surface area contributed by atoms with Gasteiger partial charge in [-0.2, -0.15) is 0 Å². The van der Waals surface area contributed by atoms with E-state index in [1.54, 1.807) is 0 Å². The number of hydrogen-bond donors (Lipinski definition) is 1. The second-order valence-corrected chi connectivity index (χ2v) is 6.08. The molecule has 1 aromatic heterocycles. The van der Waals surface area contributed by atoms with E-state index in [2.05, 4.69) is 54.4 Å². The number of pyridine rings is 1. The summed E-state index contributed by atoms with van der Waals surface area (Å²) in [7, 11) is 0. The predicted octanol–water partition coefficient (Wildman–Crippen LogP) is 3.37. The maximum atomic E-state index is 4.92. The van der Waals surface area contributed by atoms with Crippen LogP contribution in [-0.4, -0.2) is 31.2 Å². The smallest absolute Gasteiger partial charge is 0.132 e. The quantitative estimate of drug-likeness (QED) is 0.932. The third kappa shape index (κ3) is 3.18. The fourth-order valence-corrected chi connectivity index (χ4v) is 3.30. The second kappa shape index (κ2) is 6.44. The molecule has 0 bridgehead atoms. The minimum atomic E-state index is 0.742. The molecule has 3 heteroatoms. The monoisotopic (exact) mass is 283 g/mol. The van der Waals surface area contributed by atoms with Crippen molar-refractivity contribution in [3.8, 4) is 0 Å². The molecule has 0 spiro atoms. The lowest BCUT2D eigenvalue weighted by atomic mass is 9.97. The maximum absolute atomic E-state index is 4.92. The van der Waals surface area contributed by atoms with Gasteiger partial charge in [0, 0.05) is 18.5 Å². The molecular weight excluding hydrogens is 258 g/mol. The number of para-hydroxylation sites is 1. The van der Waals surface area contributed by atoms with Gasteiger partial charge in [-0.15, -0.1) is 0 Å². The van der Waals surface area contributed by atoms with Crippen molar-refractivity contribution in [3.05, 3.63) is 35.9 Å². The Morgan fingerprint density at radius 3 is 3.05 bits per heavy atom. The zero-order valence-electron chi connectivity index (χ0n) is 13.1. The Bertz CT molecular complexity index is 608. The van der Waals surface area contributed by atoms with Crippen LogP contribution >= 0.6 is 0 Å². The molecule has 0 amide bonds. The highest BCUT2D eigenvalue weighted by Crippen LogP contribution is 2.27. The Hall–Kier alpha value is -1.61. The van der Waals surface area contributed by atoms with Gasteiger partial charge in [0.05, 0.1) is 5.52 Å². The van der Waals surface area contributed by atoms with Gasteiger partial charge in [-0.1, -0.05) is 25.1 Å². The molecule has 0 radical (unpaired) electrons. The van der Waals surface area contributed by atoms with Crippen molar-refractivity contribution in [2.45, 2.75) is 26.7 Å². The number of nitrogens with zero attached hydrogens (tertiary/aromatic N) is 2. The molecule has 1 aliphatic heterocycles. The molecule has 1 aromatic carbocycles. The number of hydrogen-bond acceptors (Lipinski definition) is 3. The van der Waals surface area contributed by atoms with E-state index in [9.17, 15) is 0 Å². The van der Waals surface area contributed by atoms with Crippen molar-refractivity contribution in [1.82, 2.24) is 10.3 Å². The van der Waals surface area contributed by atoms with Crippen LogP contribution in [0.2, 0.25) is 0 Å². The minimum absolute atomic E-state index is 0.742. The van der Waals surface area contributed by atoms with E-state index in [0.29, 0.717) is 0 Å². The highest BCUT2D eigenvalue weighted by atomic mass is 15.2. The molecule has 3 nitrogen and oxygen atoms in total. The van der Waals surface area contributed by atoms with E-state index < -0.39 is 0 Å². The number of aromatic nitrogens is 1. The third-order valence-corrected chi connectivity index (χ3v) is 4.39. The molecule has 21 heavy (non-hydrogen) atoms. The highest BCUT2D eigenvalue weighted by molar-refractivity contribution is 5.81. The van der Waals surface area contributed by atoms with Crippen LogP contribution in [-0.2, 0) is 0 Å². The van der Waals surface area contributed by atoms with Gasteiger partial charge in [-0.05, 0) is 56.5 Å². The zero-order chi connectivity index (χ0) is 14.7. The van der Waals surface area contributed by atoms with Gasteiger partial charge in [0.1, 0.15) is 5.82 Å². The molecule has 1 unspecified atom stereocenters. The second-order valence-electron chi connectivity index (χ2n) is 6.08. The lowest BCUT2D eigenvalue weighted by Gasteiger charge is -2.34. The first-order chi connectivity index (χ1) is 10.3. The fourth-order valence-electron chi connectivity index (χ4n) is 3.30. The predicted molar refractivity (Wildman–Crippen MR) is 90.0 cm³/mol. The molecule has 2 heterocycles. The van der Waals surface area contributed by atoms with Crippen LogP contribution in [0.3, 0.4) is 0 Å². The van der Waals surface area contributed by atoms with Crippen LogP contribution in [0.15, 0.2) is 30.3 Å². The SMILES string of the molecule is CCNCC1CCCN(c2nc3ccccc3cc2C)C1. The van der Waals surface area contributed by atoms with Crippen LogP contribution in [0.4, 0.5) is 5.82 Å². The highest BCUT2D eigenvalue weighted by Gasteiger charge is 2.21. The molecule has 2 aromatic rings. The molecule has 0 aliphatic carbocycles. The molecule has 1 saturated heterocycles. The zero-order valence-corrected chi connectivity index (χ0v) is 13.1. The molecule has 1 atom stereocenters. The number of fused-ring (bicyclic) bond motifs is 1. The summed E-state index contributed by atoms with van der Waals surface area (Å²) in [5, 5.41) is 4.72. The average Bonchev–Trinajstić information content (AvgIpc) is 2.52. The van der Waals surface area contributed by atoms with E-state index in [0.717, 1.165) is 37.6 Å². The molecule has 112 valence electrons. The Kier molecular flexibility index (Phi) is 4.39. The number of benzene rings is 1. The first-order valence-electron chi connectivity index (χ1n) is 8.10. The third-order valence-electron chi connectivity index (χ3n) is 4.39. The van der Waals surface area contributed by atoms with Gasteiger partial charge in [-0.3, -0.25) is 0 Å². The Morgan fingerprint density at radius 2 is 2.19 bits per heavy atom. The number of rotatable bonds is 4. The van der Waals surface area contributed by atoms with Gasteiger partial charge < -0.3 is 10.2 Å². The summed E-state index contributed by atoms with van der Waals surface area (Å²) in [4.78, 5) is 7.40. The van der Waals surface area contributed by atoms with Gasteiger partial charge in [-0.25, -0.2) is 4.98 Å². The van der Waals surface area contributed by atoms with Crippen molar-refractivity contribution in [2.75, 3.05) is 31.1 Å². The summed E-state index contributed by atoms with van der Waals surface area (Å²) in [5.41, 5.74) is 2.39. The Morgan fingerprint density at radius 1 is 1.33 bits per heavy atom. The van der Waals surface area contributed by atoms with E-state index in [1.807, 2.05) is 0 Å². The van der Waals surface area contributed by atoms with Crippen molar-refractivity contribution < 1.29 is 0 Å². The molecule has 3 rings (SSSR count). The van der Waals surface area contributed by atoms with Gasteiger partial charge in [0.15, 0.2) is 0 Å². The number of piperidine rings is 1. The summed E-state index contributed by atoms with van der Waals surface area (Å²) >= 11 is 0. The normalized spacial score (nSPS) is 19.1. The van der Waals surface area contributed by atoms with Crippen molar-refractivity contribution in [1.29, 1.82) is 0 Å². The van der Waals surface area contributed by atoms with Gasteiger partial charge in [0.25, 0.3) is 0 Å². The van der Waals surface area contributed by atoms with Gasteiger partial charge >= 0.3 is 0 Å². The Labute approximate surface area is 127 Å². The summed E-state index contributed by atoms with van der Waals surface area (Å²) in [5.74, 6) is 1.92. The van der Waals surface area contributed by atoms with Crippen LogP contribution in [0, 0.1) is 12.8 Å². The van der Waals surface area contributed by atoms with Crippen molar-refractivity contribution in [2.24, 2.45) is 5.92 Å². The van der Waals surface area contributed by atoms with Gasteiger partial charge in [0.2, 0.25) is 0 Å². The molecule has 1 N–H and O–H groups in total. The summed E-state index contributed by atoms with van der Waals surface area (Å²) < 4.78 is 0. The molecular formula is C18H25N3. The van der Waals surface area contributed by atoms with E-state index in [-0.39, 0.29) is 0 Å². The van der Waals surface area contributed by atoms with E-state index in [4.69, 9.17) is 4.98 Å². The van der Waals surface area contributed by atoms with Crippen LogP contribution in [0.1, 0.15) is 25.3 Å². The lowest BCUT2D eigenvalue weighted by Crippen LogP contribution is -2.40. The summed E-state index contributed by atoms with van der Waals surface area (Å²) in [6.45, 7) is 8.80. The minimum Gasteiger partial charge on any atom is -0.356 e. The Balaban J connectivity index is 1.83. The van der Waals surface area contributed by atoms with Crippen LogP contribution < -0.4 is 10.2 Å². The summed E-state index contributed by atoms with van der Waals surface area (Å²) in [6.07, 6.45) is 2.60. The first-order valence-corrected chi connectivity index (χ1v) is 8.10. The van der Waals surface area contributed by atoms with Crippen LogP contribution in [0.25, 0.3) is 10.9 Å². The maximum Gasteiger partial charge on any atom is 0.132 e. The lowest BCUT2D eigenvalue weighted by molar-refractivity contribution is 0.394. The topological polar surface area (TPSA) is 28.2 Å². The molecule has 1 fully saturated rings. The summed E-state index contributed by atoms with van der Waals surface area (Å²) in [6, 6.07) is 10.7. The standard InChI is InChI=1S/C18H25N3/c1-3-19-12-15-7-6-10-21(13-15)18-14(2)11-16-8-4-5-9-17(16)20-18/h4-5,8-9,11,15,19H,3,6-7,10,12-13H2,1-2H3. The molecule has 0 saturated carbocycles.